The number of benzene rings is 1. The van der Waals surface area contributed by atoms with Crippen LogP contribution in [-0.2, 0) is 12.8 Å². The van der Waals surface area contributed by atoms with Crippen LogP contribution in [0.25, 0.3) is 11.4 Å². The second kappa shape index (κ2) is 5.25. The zero-order valence-electron chi connectivity index (χ0n) is 12.2. The van der Waals surface area contributed by atoms with Crippen LogP contribution >= 0.6 is 27.5 Å². The van der Waals surface area contributed by atoms with Crippen molar-refractivity contribution in [2.45, 2.75) is 39.2 Å². The van der Waals surface area contributed by atoms with E-state index in [0.29, 0.717) is 11.0 Å². The number of aromatic nitrogens is 2. The number of hydrogen-bond acceptors (Lipinski definition) is 3. The Bertz CT molecular complexity index is 716. The quantitative estimate of drug-likeness (QED) is 0.713. The van der Waals surface area contributed by atoms with Crippen molar-refractivity contribution in [2.75, 3.05) is 0 Å². The molecule has 1 aromatic heterocycles. The smallest absolute Gasteiger partial charge is 0.164 e. The predicted octanol–water partition coefficient (Wildman–Crippen LogP) is 4.84. The van der Waals surface area contributed by atoms with Gasteiger partial charge in [0.1, 0.15) is 16.5 Å². The maximum atomic E-state index is 6.22. The third kappa shape index (κ3) is 2.67. The zero-order valence-corrected chi connectivity index (χ0v) is 14.5. The van der Waals surface area contributed by atoms with Crippen molar-refractivity contribution in [1.82, 2.24) is 9.97 Å². The molecule has 0 radical (unpaired) electrons. The van der Waals surface area contributed by atoms with E-state index in [-0.39, 0.29) is 5.60 Å². The van der Waals surface area contributed by atoms with Gasteiger partial charge in [0.15, 0.2) is 5.82 Å². The number of ether oxygens (including phenoxy) is 1. The van der Waals surface area contributed by atoms with Gasteiger partial charge in [-0.05, 0) is 47.8 Å². The lowest BCUT2D eigenvalue weighted by Gasteiger charge is -2.18. The first kappa shape index (κ1) is 14.8. The molecular weight excluding hydrogens is 352 g/mol. The molecule has 2 aromatic rings. The highest BCUT2D eigenvalue weighted by molar-refractivity contribution is 9.10. The first-order valence-electron chi connectivity index (χ1n) is 6.94. The number of para-hydroxylation sites is 1. The molecule has 1 aliphatic rings. The largest absolute Gasteiger partial charge is 0.486 e. The van der Waals surface area contributed by atoms with Crippen LogP contribution in [-0.4, -0.2) is 15.6 Å². The summed E-state index contributed by atoms with van der Waals surface area (Å²) in [6, 6.07) is 6.10. The van der Waals surface area contributed by atoms with E-state index in [2.05, 4.69) is 45.8 Å². The van der Waals surface area contributed by atoms with Crippen molar-refractivity contribution in [3.05, 3.63) is 39.1 Å². The molecule has 0 bridgehead atoms. The maximum absolute atomic E-state index is 6.22. The molecule has 110 valence electrons. The van der Waals surface area contributed by atoms with Crippen molar-refractivity contribution in [3.63, 3.8) is 0 Å². The monoisotopic (exact) mass is 366 g/mol. The summed E-state index contributed by atoms with van der Waals surface area (Å²) in [6.07, 6.45) is 1.68. The second-order valence-corrected chi connectivity index (χ2v) is 6.94. The zero-order chi connectivity index (χ0) is 15.2. The van der Waals surface area contributed by atoms with E-state index in [1.165, 1.54) is 5.56 Å². The molecule has 0 spiro atoms. The second-order valence-electron chi connectivity index (χ2n) is 5.78. The molecule has 0 atom stereocenters. The van der Waals surface area contributed by atoms with E-state index in [0.717, 1.165) is 34.3 Å². The van der Waals surface area contributed by atoms with Crippen molar-refractivity contribution < 1.29 is 4.74 Å². The molecule has 2 heterocycles. The van der Waals surface area contributed by atoms with Gasteiger partial charge in [0.05, 0.1) is 15.7 Å². The first-order valence-corrected chi connectivity index (χ1v) is 8.11. The van der Waals surface area contributed by atoms with Gasteiger partial charge in [-0.2, -0.15) is 0 Å². The molecule has 0 amide bonds. The van der Waals surface area contributed by atoms with Crippen LogP contribution in [0.15, 0.2) is 22.7 Å². The minimum absolute atomic E-state index is 0.189. The lowest BCUT2D eigenvalue weighted by atomic mass is 10.0. The Hall–Kier alpha value is -1.13. The molecular formula is C16H16BrClN2O. The maximum Gasteiger partial charge on any atom is 0.164 e. The van der Waals surface area contributed by atoms with Crippen LogP contribution in [0, 0.1) is 0 Å². The van der Waals surface area contributed by atoms with E-state index < -0.39 is 0 Å². The van der Waals surface area contributed by atoms with Crippen LogP contribution in [0.3, 0.4) is 0 Å². The van der Waals surface area contributed by atoms with Crippen molar-refractivity contribution >= 4 is 27.5 Å². The van der Waals surface area contributed by atoms with Gasteiger partial charge in [0, 0.05) is 6.42 Å². The summed E-state index contributed by atoms with van der Waals surface area (Å²) in [5, 5.41) is 0.437. The van der Waals surface area contributed by atoms with Gasteiger partial charge < -0.3 is 4.74 Å². The fourth-order valence-corrected chi connectivity index (χ4v) is 3.26. The molecule has 3 nitrogen and oxygen atoms in total. The van der Waals surface area contributed by atoms with Gasteiger partial charge in [-0.3, -0.25) is 0 Å². The third-order valence-electron chi connectivity index (χ3n) is 3.55. The van der Waals surface area contributed by atoms with Gasteiger partial charge in [-0.15, -0.1) is 0 Å². The number of nitrogens with zero attached hydrogens (tertiary/aromatic N) is 2. The Morgan fingerprint density at radius 2 is 2.10 bits per heavy atom. The summed E-state index contributed by atoms with van der Waals surface area (Å²) in [6.45, 7) is 6.22. The number of fused-ring (bicyclic) bond motifs is 1. The molecule has 0 fully saturated rings. The Balaban J connectivity index is 2.16. The molecule has 21 heavy (non-hydrogen) atoms. The first-order chi connectivity index (χ1) is 9.91. The summed E-state index contributed by atoms with van der Waals surface area (Å²) in [4.78, 5) is 9.03. The van der Waals surface area contributed by atoms with Crippen molar-refractivity contribution in [1.29, 1.82) is 0 Å². The van der Waals surface area contributed by atoms with Crippen LogP contribution < -0.4 is 4.74 Å². The number of aryl methyl sites for hydroxylation is 1. The van der Waals surface area contributed by atoms with Gasteiger partial charge in [-0.1, -0.05) is 30.7 Å². The van der Waals surface area contributed by atoms with Gasteiger partial charge in [0.25, 0.3) is 0 Å². The molecule has 0 saturated heterocycles. The molecule has 1 aromatic carbocycles. The topological polar surface area (TPSA) is 35.0 Å². The SMILES string of the molecule is CCc1nc(-c2cccc3c2OC(C)(C)C3)nc(Cl)c1Br. The highest BCUT2D eigenvalue weighted by Crippen LogP contribution is 2.42. The Labute approximate surface area is 137 Å². The normalized spacial score (nSPS) is 15.7. The number of rotatable bonds is 2. The van der Waals surface area contributed by atoms with Gasteiger partial charge in [0.2, 0.25) is 0 Å². The summed E-state index contributed by atoms with van der Waals surface area (Å²) in [7, 11) is 0. The van der Waals surface area contributed by atoms with Crippen LogP contribution in [0.2, 0.25) is 5.15 Å². The fourth-order valence-electron chi connectivity index (χ4n) is 2.61. The van der Waals surface area contributed by atoms with Crippen molar-refractivity contribution in [2.24, 2.45) is 0 Å². The molecule has 0 N–H and O–H groups in total. The summed E-state index contributed by atoms with van der Waals surface area (Å²) in [5.41, 5.74) is 2.81. The average Bonchev–Trinajstić information content (AvgIpc) is 2.75. The summed E-state index contributed by atoms with van der Waals surface area (Å²) in [5.74, 6) is 1.50. The lowest BCUT2D eigenvalue weighted by Crippen LogP contribution is -2.24. The van der Waals surface area contributed by atoms with E-state index in [9.17, 15) is 0 Å². The molecule has 5 heteroatoms. The minimum Gasteiger partial charge on any atom is -0.486 e. The summed E-state index contributed by atoms with van der Waals surface area (Å²) < 4.78 is 6.86. The van der Waals surface area contributed by atoms with Crippen molar-refractivity contribution in [3.8, 4) is 17.1 Å². The van der Waals surface area contributed by atoms with E-state index in [1.54, 1.807) is 0 Å². The van der Waals surface area contributed by atoms with Crippen LogP contribution in [0.4, 0.5) is 0 Å². The predicted molar refractivity (Wildman–Crippen MR) is 88.0 cm³/mol. The molecule has 1 aliphatic heterocycles. The van der Waals surface area contributed by atoms with E-state index >= 15 is 0 Å². The Morgan fingerprint density at radius 1 is 1.33 bits per heavy atom. The van der Waals surface area contributed by atoms with Crippen LogP contribution in [0.1, 0.15) is 32.0 Å². The fraction of sp³-hybridized carbons (Fsp3) is 0.375. The molecule has 0 unspecified atom stereocenters. The Morgan fingerprint density at radius 3 is 2.81 bits per heavy atom. The van der Waals surface area contributed by atoms with Gasteiger partial charge in [-0.25, -0.2) is 9.97 Å². The van der Waals surface area contributed by atoms with Crippen LogP contribution in [0.5, 0.6) is 5.75 Å². The number of hydrogen-bond donors (Lipinski definition) is 0. The van der Waals surface area contributed by atoms with E-state index in [4.69, 9.17) is 16.3 Å². The molecule has 0 aliphatic carbocycles. The third-order valence-corrected chi connectivity index (χ3v) is 4.88. The molecule has 0 saturated carbocycles. The number of halogens is 2. The van der Waals surface area contributed by atoms with E-state index in [1.807, 2.05) is 19.1 Å². The molecule has 3 rings (SSSR count). The standard InChI is InChI=1S/C16H16BrClN2O/c1-4-11-12(17)14(18)20-15(19-11)10-7-5-6-9-8-16(2,3)21-13(9)10/h5-7H,4,8H2,1-3H3. The average molecular weight is 368 g/mol. The highest BCUT2D eigenvalue weighted by Gasteiger charge is 2.32. The lowest BCUT2D eigenvalue weighted by molar-refractivity contribution is 0.139. The Kier molecular flexibility index (Phi) is 3.70. The minimum atomic E-state index is -0.189. The summed E-state index contributed by atoms with van der Waals surface area (Å²) >= 11 is 9.66. The highest BCUT2D eigenvalue weighted by atomic mass is 79.9. The van der Waals surface area contributed by atoms with Gasteiger partial charge >= 0.3 is 0 Å².